The van der Waals surface area contributed by atoms with E-state index < -0.39 is 4.92 Å². The minimum atomic E-state index is -0.482. The number of nitrogens with zero attached hydrogens (tertiary/aromatic N) is 2. The molecule has 0 amide bonds. The maximum Gasteiger partial charge on any atom is 2.00 e. The molecule has 1 aromatic rings. The molecular formula is C13H22Cl2N4O3SZn. The van der Waals surface area contributed by atoms with Crippen molar-refractivity contribution in [3.63, 3.8) is 0 Å². The van der Waals surface area contributed by atoms with E-state index >= 15 is 0 Å². The summed E-state index contributed by atoms with van der Waals surface area (Å²) in [4.78, 5) is 11.9. The van der Waals surface area contributed by atoms with Crippen LogP contribution in [0.15, 0.2) is 28.8 Å². The van der Waals surface area contributed by atoms with Crippen molar-refractivity contribution in [2.75, 3.05) is 33.4 Å². The van der Waals surface area contributed by atoms with Gasteiger partial charge in [-0.05, 0) is 20.2 Å². The first-order valence-corrected chi connectivity index (χ1v) is 7.72. The normalized spacial score (nSPS) is 10.2. The Morgan fingerprint density at radius 2 is 2.12 bits per heavy atom. The van der Waals surface area contributed by atoms with Crippen molar-refractivity contribution in [3.05, 3.63) is 45.8 Å². The molecule has 1 rings (SSSR count). The molecule has 0 saturated heterocycles. The Balaban J connectivity index is -0.00000147. The number of hydrogen-bond donors (Lipinski definition) is 2. The van der Waals surface area contributed by atoms with Gasteiger partial charge in [0, 0.05) is 30.7 Å². The minimum Gasteiger partial charge on any atom is -1.00 e. The van der Waals surface area contributed by atoms with E-state index in [9.17, 15) is 10.1 Å². The average Bonchev–Trinajstić information content (AvgIpc) is 2.83. The number of rotatable bonds is 10. The maximum absolute atomic E-state index is 10.4. The van der Waals surface area contributed by atoms with E-state index in [1.807, 2.05) is 14.1 Å². The predicted molar refractivity (Wildman–Crippen MR) is 84.4 cm³/mol. The van der Waals surface area contributed by atoms with E-state index in [1.54, 1.807) is 25.1 Å². The number of furan rings is 1. The summed E-state index contributed by atoms with van der Waals surface area (Å²) in [5.74, 6) is 3.09. The molecule has 0 unspecified atom stereocenters. The molecule has 1 heterocycles. The standard InChI is InChI=1S/C13H22N4O3S.2ClH.Zn/c1-14-13(8-17(18)19)15-4-5-21-10-11-6-12(20-9-11)7-16(2)3;;;/h6,8-9,14-15H,4-5,7,10H2,1-3H3;2*1H;/q;;;+2/p-2. The van der Waals surface area contributed by atoms with Crippen LogP contribution >= 0.6 is 11.8 Å². The molecule has 11 heteroatoms. The summed E-state index contributed by atoms with van der Waals surface area (Å²) < 4.78 is 5.47. The third-order valence-corrected chi connectivity index (χ3v) is 3.54. The first kappa shape index (κ1) is 28.3. The first-order chi connectivity index (χ1) is 10.0. The van der Waals surface area contributed by atoms with Gasteiger partial charge in [-0.25, -0.2) is 0 Å². The van der Waals surface area contributed by atoms with E-state index in [4.69, 9.17) is 4.42 Å². The Hall–Kier alpha value is -0.467. The first-order valence-electron chi connectivity index (χ1n) is 6.57. The smallest absolute Gasteiger partial charge is 1.00 e. The van der Waals surface area contributed by atoms with Gasteiger partial charge in [0.1, 0.15) is 5.76 Å². The average molecular weight is 451 g/mol. The van der Waals surface area contributed by atoms with Gasteiger partial charge in [0.25, 0.3) is 6.20 Å². The van der Waals surface area contributed by atoms with Gasteiger partial charge in [-0.15, -0.1) is 0 Å². The van der Waals surface area contributed by atoms with Crippen molar-refractivity contribution in [2.24, 2.45) is 0 Å². The van der Waals surface area contributed by atoms with Crippen LogP contribution in [0.3, 0.4) is 0 Å². The van der Waals surface area contributed by atoms with Gasteiger partial charge in [0.2, 0.25) is 0 Å². The van der Waals surface area contributed by atoms with Gasteiger partial charge in [-0.3, -0.25) is 10.1 Å². The van der Waals surface area contributed by atoms with Crippen molar-refractivity contribution in [2.45, 2.75) is 12.3 Å². The number of nitrogens with one attached hydrogen (secondary N) is 2. The Kier molecular flexibility index (Phi) is 18.9. The number of nitro groups is 1. The molecule has 0 saturated carbocycles. The third-order valence-electron chi connectivity index (χ3n) is 2.51. The fourth-order valence-electron chi connectivity index (χ4n) is 1.65. The number of hydrogen-bond acceptors (Lipinski definition) is 7. The molecule has 0 fully saturated rings. The monoisotopic (exact) mass is 448 g/mol. The van der Waals surface area contributed by atoms with Crippen LogP contribution in [0.25, 0.3) is 0 Å². The fourth-order valence-corrected chi connectivity index (χ4v) is 2.43. The maximum atomic E-state index is 10.4. The Morgan fingerprint density at radius 1 is 1.46 bits per heavy atom. The van der Waals surface area contributed by atoms with Crippen LogP contribution in [0.1, 0.15) is 11.3 Å². The number of halogens is 2. The zero-order valence-electron chi connectivity index (χ0n) is 14.1. The van der Waals surface area contributed by atoms with Crippen LogP contribution in [0.5, 0.6) is 0 Å². The molecule has 0 aliphatic heterocycles. The van der Waals surface area contributed by atoms with Gasteiger partial charge >= 0.3 is 19.5 Å². The molecular weight excluding hydrogens is 429 g/mol. The molecule has 134 valence electrons. The summed E-state index contributed by atoms with van der Waals surface area (Å²) in [5, 5.41) is 16.1. The van der Waals surface area contributed by atoms with E-state index in [0.717, 1.165) is 35.6 Å². The summed E-state index contributed by atoms with van der Waals surface area (Å²) in [5.41, 5.74) is 1.16. The van der Waals surface area contributed by atoms with Gasteiger partial charge in [-0.2, -0.15) is 11.8 Å². The van der Waals surface area contributed by atoms with E-state index in [1.165, 1.54) is 0 Å². The zero-order valence-corrected chi connectivity index (χ0v) is 19.3. The van der Waals surface area contributed by atoms with Gasteiger partial charge in [0.15, 0.2) is 5.82 Å². The Labute approximate surface area is 172 Å². The summed E-state index contributed by atoms with van der Waals surface area (Å²) in [6.45, 7) is 1.46. The molecule has 0 bridgehead atoms. The minimum absolute atomic E-state index is 0. The third kappa shape index (κ3) is 12.9. The molecule has 7 nitrogen and oxygen atoms in total. The molecule has 0 spiro atoms. The fraction of sp³-hybridized carbons (Fsp3) is 0.538. The second kappa shape index (κ2) is 16.0. The van der Waals surface area contributed by atoms with Gasteiger partial charge < -0.3 is 44.8 Å². The molecule has 0 aromatic carbocycles. The zero-order chi connectivity index (χ0) is 15.7. The second-order valence-electron chi connectivity index (χ2n) is 4.72. The quantitative estimate of drug-likeness (QED) is 0.161. The molecule has 2 N–H and O–H groups in total. The summed E-state index contributed by atoms with van der Waals surface area (Å²) in [7, 11) is 5.65. The molecule has 0 atom stereocenters. The molecule has 1 aromatic heterocycles. The van der Waals surface area contributed by atoms with Crippen molar-refractivity contribution in [1.29, 1.82) is 0 Å². The van der Waals surface area contributed by atoms with Gasteiger partial charge in [0.05, 0.1) is 17.7 Å². The summed E-state index contributed by atoms with van der Waals surface area (Å²) in [6, 6.07) is 2.06. The molecule has 0 aliphatic rings. The van der Waals surface area contributed by atoms with Crippen LogP contribution < -0.4 is 35.4 Å². The molecule has 0 radical (unpaired) electrons. The van der Waals surface area contributed by atoms with E-state index in [2.05, 4.69) is 21.6 Å². The second-order valence-corrected chi connectivity index (χ2v) is 5.82. The van der Waals surface area contributed by atoms with Crippen molar-refractivity contribution in [1.82, 2.24) is 15.5 Å². The molecule has 24 heavy (non-hydrogen) atoms. The van der Waals surface area contributed by atoms with Crippen LogP contribution in [0, 0.1) is 10.1 Å². The van der Waals surface area contributed by atoms with E-state index in [-0.39, 0.29) is 44.3 Å². The van der Waals surface area contributed by atoms with Crippen LogP contribution in [0.2, 0.25) is 0 Å². The molecule has 0 aliphatic carbocycles. The van der Waals surface area contributed by atoms with Crippen LogP contribution in [-0.4, -0.2) is 43.3 Å². The van der Waals surface area contributed by atoms with Crippen molar-refractivity contribution in [3.8, 4) is 0 Å². The van der Waals surface area contributed by atoms with Crippen molar-refractivity contribution < 1.29 is 53.6 Å². The predicted octanol–water partition coefficient (Wildman–Crippen LogP) is -4.54. The van der Waals surface area contributed by atoms with Crippen LogP contribution in [-0.2, 0) is 31.8 Å². The van der Waals surface area contributed by atoms with Gasteiger partial charge in [-0.1, -0.05) is 0 Å². The largest absolute Gasteiger partial charge is 2.00 e. The summed E-state index contributed by atoms with van der Waals surface area (Å²) in [6.07, 6.45) is 2.71. The Bertz CT molecular complexity index is 490. The number of thioether (sulfide) groups is 1. The topological polar surface area (TPSA) is 83.6 Å². The SMILES string of the molecule is CNC(=C[N+](=O)[O-])NCCSCc1coc(CN(C)C)c1.[Cl-].[Cl-].[Zn+2]. The Morgan fingerprint density at radius 3 is 2.67 bits per heavy atom. The van der Waals surface area contributed by atoms with Crippen LogP contribution in [0.4, 0.5) is 0 Å². The van der Waals surface area contributed by atoms with Crippen molar-refractivity contribution >= 4 is 11.8 Å². The van der Waals surface area contributed by atoms with E-state index in [0.29, 0.717) is 12.4 Å². The summed E-state index contributed by atoms with van der Waals surface area (Å²) >= 11 is 1.75.